The third kappa shape index (κ3) is 3.23. The highest BCUT2D eigenvalue weighted by Crippen LogP contribution is 2.21. The molecule has 1 aromatic heterocycles. The number of rotatable bonds is 5. The van der Waals surface area contributed by atoms with E-state index in [1.54, 1.807) is 0 Å². The molecule has 1 aliphatic heterocycles. The summed E-state index contributed by atoms with van der Waals surface area (Å²) in [5.74, 6) is -0.586. The Kier molecular flexibility index (Phi) is 4.20. The Morgan fingerprint density at radius 1 is 1.60 bits per heavy atom. The van der Waals surface area contributed by atoms with Gasteiger partial charge in [-0.05, 0) is 0 Å². The van der Waals surface area contributed by atoms with E-state index in [0.717, 1.165) is 0 Å². The molecule has 1 unspecified atom stereocenters. The van der Waals surface area contributed by atoms with Crippen LogP contribution < -0.4 is 5.32 Å². The Labute approximate surface area is 117 Å². The molecule has 1 atom stereocenters. The van der Waals surface area contributed by atoms with E-state index in [1.807, 2.05) is 13.8 Å². The highest BCUT2D eigenvalue weighted by Gasteiger charge is 2.32. The van der Waals surface area contributed by atoms with Crippen molar-refractivity contribution < 1.29 is 19.7 Å². The molecule has 0 spiro atoms. The summed E-state index contributed by atoms with van der Waals surface area (Å²) >= 11 is 0. The number of carboxylic acid groups (broad SMARTS) is 1. The topological polar surface area (TPSA) is 105 Å². The number of aromatic carboxylic acids is 1. The number of carbonyl (C=O) groups is 1. The summed E-state index contributed by atoms with van der Waals surface area (Å²) in [6.07, 6.45) is 1.97. The van der Waals surface area contributed by atoms with Crippen LogP contribution in [0.1, 0.15) is 42.5 Å². The number of ether oxygens (including phenoxy) is 1. The molecule has 0 radical (unpaired) electrons. The van der Waals surface area contributed by atoms with Gasteiger partial charge in [0.2, 0.25) is 0 Å². The summed E-state index contributed by atoms with van der Waals surface area (Å²) in [7, 11) is 0. The molecule has 1 fully saturated rings. The minimum absolute atomic E-state index is 0.0505. The van der Waals surface area contributed by atoms with Crippen LogP contribution in [0.25, 0.3) is 0 Å². The van der Waals surface area contributed by atoms with Crippen LogP contribution in [0, 0.1) is 0 Å². The molecular formula is C13H19N3O4. The Bertz CT molecular complexity index is 498. The molecule has 110 valence electrons. The first-order chi connectivity index (χ1) is 9.41. The van der Waals surface area contributed by atoms with Crippen LogP contribution in [-0.4, -0.2) is 51.5 Å². The second kappa shape index (κ2) is 5.72. The van der Waals surface area contributed by atoms with Crippen LogP contribution >= 0.6 is 0 Å². The monoisotopic (exact) mass is 281 g/mol. The lowest BCUT2D eigenvalue weighted by Gasteiger charge is -2.21. The first kappa shape index (κ1) is 14.7. The quantitative estimate of drug-likeness (QED) is 0.735. The molecule has 0 saturated carbocycles. The Morgan fingerprint density at radius 3 is 2.90 bits per heavy atom. The fourth-order valence-electron chi connectivity index (χ4n) is 1.96. The van der Waals surface area contributed by atoms with Crippen molar-refractivity contribution in [2.24, 2.45) is 0 Å². The van der Waals surface area contributed by atoms with Crippen LogP contribution in [0.15, 0.2) is 6.20 Å². The van der Waals surface area contributed by atoms with Crippen LogP contribution in [0.3, 0.4) is 0 Å². The molecule has 2 rings (SSSR count). The fraction of sp³-hybridized carbons (Fsp3) is 0.615. The Morgan fingerprint density at radius 2 is 2.35 bits per heavy atom. The van der Waals surface area contributed by atoms with Crippen molar-refractivity contribution in [1.82, 2.24) is 9.97 Å². The molecule has 0 bridgehead atoms. The maximum atomic E-state index is 11.3. The van der Waals surface area contributed by atoms with Gasteiger partial charge < -0.3 is 20.3 Å². The maximum Gasteiger partial charge on any atom is 0.356 e. The summed E-state index contributed by atoms with van der Waals surface area (Å²) in [6, 6.07) is 0. The molecule has 1 aliphatic rings. The number of nitrogens with zero attached hydrogens (tertiary/aromatic N) is 2. The molecule has 3 N–H and O–H groups in total. The molecule has 1 saturated heterocycles. The Balaban J connectivity index is 2.16. The largest absolute Gasteiger partial charge is 0.476 e. The van der Waals surface area contributed by atoms with E-state index in [-0.39, 0.29) is 24.8 Å². The maximum absolute atomic E-state index is 11.3. The van der Waals surface area contributed by atoms with Gasteiger partial charge >= 0.3 is 5.97 Å². The highest BCUT2D eigenvalue weighted by atomic mass is 16.5. The van der Waals surface area contributed by atoms with Gasteiger partial charge in [-0.1, -0.05) is 13.8 Å². The van der Waals surface area contributed by atoms with Gasteiger partial charge in [0, 0.05) is 25.5 Å². The predicted molar refractivity (Wildman–Crippen MR) is 72.0 cm³/mol. The second-order valence-corrected chi connectivity index (χ2v) is 5.33. The van der Waals surface area contributed by atoms with Crippen molar-refractivity contribution in [3.8, 4) is 0 Å². The van der Waals surface area contributed by atoms with Crippen molar-refractivity contribution in [2.75, 3.05) is 25.1 Å². The van der Waals surface area contributed by atoms with Gasteiger partial charge in [-0.2, -0.15) is 0 Å². The van der Waals surface area contributed by atoms with E-state index >= 15 is 0 Å². The van der Waals surface area contributed by atoms with Crippen LogP contribution in [0.2, 0.25) is 0 Å². The molecule has 20 heavy (non-hydrogen) atoms. The van der Waals surface area contributed by atoms with Crippen LogP contribution in [0.4, 0.5) is 5.69 Å². The third-order valence-electron chi connectivity index (χ3n) is 3.22. The molecule has 7 nitrogen and oxygen atoms in total. The predicted octanol–water partition coefficient (Wildman–Crippen LogP) is 0.861. The van der Waals surface area contributed by atoms with Gasteiger partial charge in [0.15, 0.2) is 5.69 Å². The van der Waals surface area contributed by atoms with Gasteiger partial charge in [-0.25, -0.2) is 14.8 Å². The summed E-state index contributed by atoms with van der Waals surface area (Å²) in [4.78, 5) is 19.4. The number of aromatic nitrogens is 2. The zero-order valence-electron chi connectivity index (χ0n) is 11.6. The molecule has 0 amide bonds. The van der Waals surface area contributed by atoms with E-state index in [1.165, 1.54) is 6.20 Å². The van der Waals surface area contributed by atoms with Gasteiger partial charge in [0.05, 0.1) is 18.5 Å². The van der Waals surface area contributed by atoms with Crippen molar-refractivity contribution in [3.05, 3.63) is 17.7 Å². The Hall–Kier alpha value is -1.73. The smallest absolute Gasteiger partial charge is 0.356 e. The van der Waals surface area contributed by atoms with E-state index in [2.05, 4.69) is 15.3 Å². The molecule has 0 aliphatic carbocycles. The van der Waals surface area contributed by atoms with E-state index < -0.39 is 11.6 Å². The lowest BCUT2D eigenvalue weighted by atomic mass is 10.0. The summed E-state index contributed by atoms with van der Waals surface area (Å²) in [6.45, 7) is 4.75. The first-order valence-corrected chi connectivity index (χ1v) is 6.55. The van der Waals surface area contributed by atoms with Crippen molar-refractivity contribution >= 4 is 11.7 Å². The third-order valence-corrected chi connectivity index (χ3v) is 3.22. The normalized spacial score (nSPS) is 22.2. The molecule has 2 heterocycles. The summed E-state index contributed by atoms with van der Waals surface area (Å²) in [5.41, 5.74) is -0.736. The van der Waals surface area contributed by atoms with Gasteiger partial charge in [-0.15, -0.1) is 0 Å². The lowest BCUT2D eigenvalue weighted by molar-refractivity contribution is 0.0381. The minimum Gasteiger partial charge on any atom is -0.476 e. The lowest BCUT2D eigenvalue weighted by Crippen LogP contribution is -2.37. The number of hydrogen-bond donors (Lipinski definition) is 3. The van der Waals surface area contributed by atoms with E-state index in [0.29, 0.717) is 24.5 Å². The standard InChI is InChI=1S/C13H19N3O4/c1-8(2)11-14-5-9(10(16-11)12(17)18)15-6-13(19)3-4-20-7-13/h5,8,15,19H,3-4,6-7H2,1-2H3,(H,17,18). The van der Waals surface area contributed by atoms with Crippen molar-refractivity contribution in [3.63, 3.8) is 0 Å². The minimum atomic E-state index is -1.12. The SMILES string of the molecule is CC(C)c1ncc(NCC2(O)CCOC2)c(C(=O)O)n1. The first-order valence-electron chi connectivity index (χ1n) is 6.55. The fourth-order valence-corrected chi connectivity index (χ4v) is 1.96. The van der Waals surface area contributed by atoms with Crippen LogP contribution in [0.5, 0.6) is 0 Å². The average molecular weight is 281 g/mol. The van der Waals surface area contributed by atoms with Crippen LogP contribution in [-0.2, 0) is 4.74 Å². The van der Waals surface area contributed by atoms with Gasteiger partial charge in [0.25, 0.3) is 0 Å². The van der Waals surface area contributed by atoms with Crippen molar-refractivity contribution in [1.29, 1.82) is 0 Å². The van der Waals surface area contributed by atoms with Gasteiger partial charge in [0.1, 0.15) is 11.4 Å². The molecule has 7 heteroatoms. The van der Waals surface area contributed by atoms with E-state index in [4.69, 9.17) is 4.74 Å². The number of carboxylic acids is 1. The zero-order chi connectivity index (χ0) is 14.8. The molecular weight excluding hydrogens is 262 g/mol. The number of hydrogen-bond acceptors (Lipinski definition) is 6. The van der Waals surface area contributed by atoms with Crippen molar-refractivity contribution in [2.45, 2.75) is 31.8 Å². The number of anilines is 1. The van der Waals surface area contributed by atoms with E-state index in [9.17, 15) is 15.0 Å². The zero-order valence-corrected chi connectivity index (χ0v) is 11.6. The van der Waals surface area contributed by atoms with Gasteiger partial charge in [-0.3, -0.25) is 0 Å². The molecule has 1 aromatic rings. The number of nitrogens with one attached hydrogen (secondary N) is 1. The second-order valence-electron chi connectivity index (χ2n) is 5.33. The highest BCUT2D eigenvalue weighted by molar-refractivity contribution is 5.91. The number of aliphatic hydroxyl groups is 1. The average Bonchev–Trinajstić information content (AvgIpc) is 2.83. The molecule has 0 aromatic carbocycles. The summed E-state index contributed by atoms with van der Waals surface area (Å²) < 4.78 is 5.14. The summed E-state index contributed by atoms with van der Waals surface area (Å²) in [5, 5.41) is 22.3.